The van der Waals surface area contributed by atoms with Gasteiger partial charge in [0.1, 0.15) is 11.4 Å². The zero-order valence-corrected chi connectivity index (χ0v) is 16.0. The van der Waals surface area contributed by atoms with Gasteiger partial charge in [-0.05, 0) is 38.1 Å². The van der Waals surface area contributed by atoms with E-state index in [1.165, 1.54) is 11.3 Å². The zero-order valence-electron chi connectivity index (χ0n) is 15.2. The maximum atomic E-state index is 13.3. The van der Waals surface area contributed by atoms with Gasteiger partial charge < -0.3 is 20.9 Å². The summed E-state index contributed by atoms with van der Waals surface area (Å²) in [5.74, 6) is 0.438. The van der Waals surface area contributed by atoms with Crippen molar-refractivity contribution in [1.82, 2.24) is 20.9 Å². The van der Waals surface area contributed by atoms with Crippen LogP contribution in [0.25, 0.3) is 0 Å². The minimum atomic E-state index is -0.740. The van der Waals surface area contributed by atoms with E-state index >= 15 is 0 Å². The summed E-state index contributed by atoms with van der Waals surface area (Å²) in [7, 11) is 0. The van der Waals surface area contributed by atoms with Crippen LogP contribution >= 0.6 is 11.3 Å². The van der Waals surface area contributed by atoms with Crippen LogP contribution in [0.3, 0.4) is 0 Å². The van der Waals surface area contributed by atoms with Crippen molar-refractivity contribution in [2.24, 2.45) is 4.99 Å². The highest BCUT2D eigenvalue weighted by atomic mass is 32.1. The Morgan fingerprint density at radius 3 is 2.59 bits per heavy atom. The number of likely N-dealkylation sites (tertiary alicyclic amines) is 1. The molecule has 27 heavy (non-hydrogen) atoms. The Kier molecular flexibility index (Phi) is 4.26. The van der Waals surface area contributed by atoms with Crippen molar-refractivity contribution in [3.8, 4) is 0 Å². The summed E-state index contributed by atoms with van der Waals surface area (Å²) in [6.07, 6.45) is 0.995. The number of urea groups is 1. The van der Waals surface area contributed by atoms with E-state index in [4.69, 9.17) is 0 Å². The van der Waals surface area contributed by atoms with Gasteiger partial charge in [-0.1, -0.05) is 6.07 Å². The number of amidine groups is 1. The van der Waals surface area contributed by atoms with Crippen molar-refractivity contribution >= 4 is 35.0 Å². The van der Waals surface area contributed by atoms with Crippen LogP contribution in [0.15, 0.2) is 33.8 Å². The first-order valence-corrected chi connectivity index (χ1v) is 9.76. The Bertz CT molecular complexity index is 866. The van der Waals surface area contributed by atoms with Gasteiger partial charge in [0.05, 0.1) is 11.6 Å². The summed E-state index contributed by atoms with van der Waals surface area (Å²) in [5.41, 5.74) is 0.370. The van der Waals surface area contributed by atoms with Crippen LogP contribution in [-0.4, -0.2) is 47.2 Å². The smallest absolute Gasteiger partial charge is 0.319 e. The van der Waals surface area contributed by atoms with Crippen molar-refractivity contribution in [2.45, 2.75) is 38.3 Å². The standard InChI is InChI=1S/C18H21N5O3S/c1-10-13(14(21-17(26)19-10)12-4-3-9-27-12)15(24)23-7-5-18(6-8-23)16(25)20-11(2)22-18/h3-4,9,14H,5-8H2,1-2H3,(H2,19,21,26)(H,20,22,25)/t14-/m0/s1. The van der Waals surface area contributed by atoms with Gasteiger partial charge in [0.25, 0.3) is 11.8 Å². The van der Waals surface area contributed by atoms with Crippen LogP contribution in [-0.2, 0) is 9.59 Å². The number of rotatable bonds is 2. The van der Waals surface area contributed by atoms with E-state index in [2.05, 4.69) is 20.9 Å². The number of carbonyl (C=O) groups excluding carboxylic acids is 3. The van der Waals surface area contributed by atoms with Gasteiger partial charge in [0, 0.05) is 23.7 Å². The van der Waals surface area contributed by atoms with Crippen molar-refractivity contribution in [1.29, 1.82) is 0 Å². The molecule has 8 nitrogen and oxygen atoms in total. The quantitative estimate of drug-likeness (QED) is 0.712. The summed E-state index contributed by atoms with van der Waals surface area (Å²) in [5, 5.41) is 10.2. The molecular formula is C18H21N5O3S. The number of piperidine rings is 1. The summed E-state index contributed by atoms with van der Waals surface area (Å²) < 4.78 is 0. The van der Waals surface area contributed by atoms with Gasteiger partial charge in [-0.15, -0.1) is 11.3 Å². The van der Waals surface area contributed by atoms with E-state index in [0.29, 0.717) is 43.0 Å². The SMILES string of the molecule is CC1=NC2(CCN(C(=O)C3=C(C)NC(=O)N[C@H]3c3cccs3)CC2)C(=O)N1. The molecule has 0 radical (unpaired) electrons. The van der Waals surface area contributed by atoms with E-state index < -0.39 is 11.6 Å². The Hall–Kier alpha value is -2.68. The normalized spacial score (nSPS) is 24.4. The van der Waals surface area contributed by atoms with Crippen molar-refractivity contribution in [3.05, 3.63) is 33.7 Å². The molecule has 142 valence electrons. The predicted octanol–water partition coefficient (Wildman–Crippen LogP) is 1.29. The van der Waals surface area contributed by atoms with Gasteiger partial charge in [-0.2, -0.15) is 0 Å². The minimum Gasteiger partial charge on any atom is -0.339 e. The third kappa shape index (κ3) is 3.01. The van der Waals surface area contributed by atoms with Gasteiger partial charge in [-0.25, -0.2) is 4.79 Å². The van der Waals surface area contributed by atoms with Crippen molar-refractivity contribution in [3.63, 3.8) is 0 Å². The van der Waals surface area contributed by atoms with Crippen LogP contribution in [0.5, 0.6) is 0 Å². The van der Waals surface area contributed by atoms with Gasteiger partial charge >= 0.3 is 6.03 Å². The molecule has 0 aliphatic carbocycles. The fraction of sp³-hybridized carbons (Fsp3) is 0.444. The van der Waals surface area contributed by atoms with E-state index in [0.717, 1.165) is 4.88 Å². The lowest BCUT2D eigenvalue weighted by atomic mass is 9.87. The molecule has 3 N–H and O–H groups in total. The third-order valence-electron chi connectivity index (χ3n) is 5.30. The second-order valence-electron chi connectivity index (χ2n) is 7.06. The van der Waals surface area contributed by atoms with Crippen LogP contribution in [0.4, 0.5) is 4.79 Å². The molecule has 1 aromatic heterocycles. The van der Waals surface area contributed by atoms with Gasteiger partial charge in [0.15, 0.2) is 0 Å². The van der Waals surface area contributed by atoms with Crippen molar-refractivity contribution < 1.29 is 14.4 Å². The first-order chi connectivity index (χ1) is 12.9. The second kappa shape index (κ2) is 6.49. The minimum absolute atomic E-state index is 0.0782. The molecule has 4 rings (SSSR count). The molecule has 9 heteroatoms. The molecule has 4 amide bonds. The molecule has 1 fully saturated rings. The summed E-state index contributed by atoms with van der Waals surface area (Å²) in [6, 6.07) is 3.03. The van der Waals surface area contributed by atoms with Crippen LogP contribution in [0, 0.1) is 0 Å². The lowest BCUT2D eigenvalue weighted by Gasteiger charge is -2.38. The molecule has 1 spiro atoms. The molecule has 3 aliphatic heterocycles. The lowest BCUT2D eigenvalue weighted by Crippen LogP contribution is -2.53. The van der Waals surface area contributed by atoms with Gasteiger partial charge in [0.2, 0.25) is 0 Å². The number of hydrogen-bond acceptors (Lipinski definition) is 5. The van der Waals surface area contributed by atoms with Gasteiger partial charge in [-0.3, -0.25) is 14.6 Å². The predicted molar refractivity (Wildman–Crippen MR) is 101 cm³/mol. The average Bonchev–Trinajstić information content (AvgIpc) is 3.23. The topological polar surface area (TPSA) is 103 Å². The molecule has 0 saturated carbocycles. The molecule has 0 bridgehead atoms. The van der Waals surface area contributed by atoms with Crippen LogP contribution < -0.4 is 16.0 Å². The fourth-order valence-corrected chi connectivity index (χ4v) is 4.70. The molecule has 0 unspecified atom stereocenters. The Morgan fingerprint density at radius 1 is 1.26 bits per heavy atom. The summed E-state index contributed by atoms with van der Waals surface area (Å²) >= 11 is 1.50. The average molecular weight is 387 g/mol. The molecule has 1 atom stereocenters. The zero-order chi connectivity index (χ0) is 19.2. The molecule has 4 heterocycles. The van der Waals surface area contributed by atoms with E-state index in [1.807, 2.05) is 17.5 Å². The fourth-order valence-electron chi connectivity index (χ4n) is 3.92. The third-order valence-corrected chi connectivity index (χ3v) is 6.24. The highest BCUT2D eigenvalue weighted by Crippen LogP contribution is 2.34. The summed E-state index contributed by atoms with van der Waals surface area (Å²) in [6.45, 7) is 4.42. The number of hydrogen-bond donors (Lipinski definition) is 3. The number of carbonyl (C=O) groups is 3. The molecule has 1 aromatic rings. The van der Waals surface area contributed by atoms with E-state index in [1.54, 1.807) is 18.7 Å². The molecule has 3 aliphatic rings. The van der Waals surface area contributed by atoms with Crippen LogP contribution in [0.2, 0.25) is 0 Å². The largest absolute Gasteiger partial charge is 0.339 e. The molecule has 1 saturated heterocycles. The first kappa shape index (κ1) is 17.7. The number of thiophene rings is 1. The Morgan fingerprint density at radius 2 is 2.00 bits per heavy atom. The van der Waals surface area contributed by atoms with E-state index in [9.17, 15) is 14.4 Å². The van der Waals surface area contributed by atoms with E-state index in [-0.39, 0.29) is 17.8 Å². The monoisotopic (exact) mass is 387 g/mol. The molecular weight excluding hydrogens is 366 g/mol. The van der Waals surface area contributed by atoms with Crippen LogP contribution in [0.1, 0.15) is 37.6 Å². The molecule has 0 aromatic carbocycles. The second-order valence-corrected chi connectivity index (χ2v) is 8.04. The summed E-state index contributed by atoms with van der Waals surface area (Å²) in [4.78, 5) is 44.6. The Balaban J connectivity index is 1.56. The maximum absolute atomic E-state index is 13.3. The number of aliphatic imine (C=N–C) groups is 1. The lowest BCUT2D eigenvalue weighted by molar-refractivity contribution is -0.132. The number of nitrogens with zero attached hydrogens (tertiary/aromatic N) is 2. The first-order valence-electron chi connectivity index (χ1n) is 8.88. The highest BCUT2D eigenvalue weighted by molar-refractivity contribution is 7.10. The number of amides is 4. The maximum Gasteiger partial charge on any atom is 0.319 e. The highest BCUT2D eigenvalue weighted by Gasteiger charge is 2.46. The van der Waals surface area contributed by atoms with Crippen molar-refractivity contribution in [2.75, 3.05) is 13.1 Å². The Labute approximate surface area is 160 Å². The number of nitrogens with one attached hydrogen (secondary N) is 3. The number of allylic oxidation sites excluding steroid dienone is 1.